The Kier molecular flexibility index (Phi) is 8.52. The fourth-order valence-electron chi connectivity index (χ4n) is 6.98. The SMILES string of the molecule is Cn1c(=O)c(-c2ccc(C[C@H](NC(c3ccccc3)(c3ccccc3)c3ccccc3)C(=O)O)n3ccnc23)c(C(F)(F)F)c2cc(F)ccc21. The summed E-state index contributed by atoms with van der Waals surface area (Å²) < 4.78 is 61.2. The number of carboxylic acids is 1. The number of carbonyl (C=O) groups is 1. The number of hydrogen-bond acceptors (Lipinski definition) is 4. The summed E-state index contributed by atoms with van der Waals surface area (Å²) in [7, 11) is 1.32. The molecule has 0 radical (unpaired) electrons. The van der Waals surface area contributed by atoms with Crippen molar-refractivity contribution in [3.63, 3.8) is 0 Å². The molecule has 2 N–H and O–H groups in total. The van der Waals surface area contributed by atoms with Crippen LogP contribution < -0.4 is 10.9 Å². The first-order valence-electron chi connectivity index (χ1n) is 16.0. The van der Waals surface area contributed by atoms with Crippen molar-refractivity contribution in [2.24, 2.45) is 7.05 Å². The van der Waals surface area contributed by atoms with Crippen molar-refractivity contribution in [1.29, 1.82) is 0 Å². The minimum Gasteiger partial charge on any atom is -0.480 e. The van der Waals surface area contributed by atoms with Gasteiger partial charge in [-0.3, -0.25) is 14.9 Å². The number of hydrogen-bond donors (Lipinski definition) is 2. The summed E-state index contributed by atoms with van der Waals surface area (Å²) >= 11 is 0. The van der Waals surface area contributed by atoms with E-state index in [9.17, 15) is 32.3 Å². The number of halogens is 4. The first-order chi connectivity index (χ1) is 24.5. The smallest absolute Gasteiger partial charge is 0.417 e. The van der Waals surface area contributed by atoms with Crippen molar-refractivity contribution in [1.82, 2.24) is 19.3 Å². The number of nitrogens with one attached hydrogen (secondary N) is 1. The van der Waals surface area contributed by atoms with Crippen molar-refractivity contribution in [2.45, 2.75) is 24.2 Å². The van der Waals surface area contributed by atoms with Gasteiger partial charge >= 0.3 is 12.1 Å². The van der Waals surface area contributed by atoms with Crippen LogP contribution in [0.25, 0.3) is 27.7 Å². The molecule has 0 aliphatic rings. The third kappa shape index (κ3) is 5.85. The van der Waals surface area contributed by atoms with E-state index in [0.29, 0.717) is 5.69 Å². The van der Waals surface area contributed by atoms with E-state index < -0.39 is 51.6 Å². The Morgan fingerprint density at radius 1 is 0.843 bits per heavy atom. The van der Waals surface area contributed by atoms with E-state index in [4.69, 9.17) is 0 Å². The molecule has 11 heteroatoms. The maximum atomic E-state index is 14.8. The van der Waals surface area contributed by atoms with Gasteiger partial charge in [-0.25, -0.2) is 9.37 Å². The van der Waals surface area contributed by atoms with Crippen LogP contribution in [0.15, 0.2) is 139 Å². The molecular formula is C40H30F4N4O3. The van der Waals surface area contributed by atoms with Crippen LogP contribution in [0.4, 0.5) is 17.6 Å². The standard InChI is InChI=1S/C40H30F4N4O3/c1-47-33-20-17-28(41)23-31(33)35(40(42,43)44)34(37(47)49)30-19-18-29(48-22-21-45-36(30)48)24-32(38(50)51)46-39(25-11-5-2-6-12-25,26-13-7-3-8-14-26)27-15-9-4-10-16-27/h2-23,32,46H,24H2,1H3,(H,50,51)/t32-/m0/s1. The summed E-state index contributed by atoms with van der Waals surface area (Å²) in [5.41, 5.74) is -1.45. The maximum absolute atomic E-state index is 14.8. The monoisotopic (exact) mass is 690 g/mol. The van der Waals surface area contributed by atoms with E-state index in [0.717, 1.165) is 39.5 Å². The van der Waals surface area contributed by atoms with E-state index >= 15 is 0 Å². The molecule has 0 spiro atoms. The Bertz CT molecular complexity index is 2350. The highest BCUT2D eigenvalue weighted by Crippen LogP contribution is 2.42. The van der Waals surface area contributed by atoms with Gasteiger partial charge < -0.3 is 14.1 Å². The fourth-order valence-corrected chi connectivity index (χ4v) is 6.98. The molecule has 7 aromatic rings. The van der Waals surface area contributed by atoms with Gasteiger partial charge in [0.05, 0.1) is 22.2 Å². The number of pyridine rings is 2. The number of nitrogens with zero attached hydrogens (tertiary/aromatic N) is 3. The maximum Gasteiger partial charge on any atom is 0.417 e. The zero-order valence-electron chi connectivity index (χ0n) is 27.1. The lowest BCUT2D eigenvalue weighted by Crippen LogP contribution is -2.53. The van der Waals surface area contributed by atoms with Gasteiger partial charge in [-0.2, -0.15) is 13.2 Å². The lowest BCUT2D eigenvalue weighted by molar-refractivity contribution is -0.140. The lowest BCUT2D eigenvalue weighted by Gasteiger charge is -2.39. The van der Waals surface area contributed by atoms with Gasteiger partial charge in [0.2, 0.25) is 0 Å². The van der Waals surface area contributed by atoms with Crippen LogP contribution in [-0.2, 0) is 30.0 Å². The number of imidazole rings is 1. The molecule has 256 valence electrons. The molecule has 0 aliphatic heterocycles. The largest absolute Gasteiger partial charge is 0.480 e. The van der Waals surface area contributed by atoms with Crippen molar-refractivity contribution >= 4 is 22.5 Å². The van der Waals surface area contributed by atoms with Crippen LogP contribution in [0.2, 0.25) is 0 Å². The average molecular weight is 691 g/mol. The van der Waals surface area contributed by atoms with Crippen molar-refractivity contribution in [3.8, 4) is 11.1 Å². The van der Waals surface area contributed by atoms with Gasteiger partial charge in [0, 0.05) is 42.5 Å². The molecule has 3 heterocycles. The van der Waals surface area contributed by atoms with E-state index in [2.05, 4.69) is 10.3 Å². The van der Waals surface area contributed by atoms with Crippen LogP contribution in [0.1, 0.15) is 27.9 Å². The molecule has 0 fully saturated rings. The highest BCUT2D eigenvalue weighted by molar-refractivity contribution is 5.92. The second kappa shape index (κ2) is 13.0. The number of aromatic nitrogens is 3. The number of carboxylic acid groups (broad SMARTS) is 1. The Morgan fingerprint density at radius 2 is 1.41 bits per heavy atom. The Morgan fingerprint density at radius 3 is 1.94 bits per heavy atom. The quantitative estimate of drug-likeness (QED) is 0.120. The van der Waals surface area contributed by atoms with Crippen molar-refractivity contribution in [3.05, 3.63) is 178 Å². The van der Waals surface area contributed by atoms with Crippen molar-refractivity contribution < 1.29 is 27.5 Å². The number of rotatable bonds is 9. The van der Waals surface area contributed by atoms with Gasteiger partial charge in [0.15, 0.2) is 0 Å². The minimum absolute atomic E-state index is 0.00966. The van der Waals surface area contributed by atoms with Crippen molar-refractivity contribution in [2.75, 3.05) is 0 Å². The summed E-state index contributed by atoms with van der Waals surface area (Å²) in [6.07, 6.45) is -2.27. The third-order valence-corrected chi connectivity index (χ3v) is 9.27. The Labute approximate surface area is 289 Å². The van der Waals surface area contributed by atoms with Gasteiger partial charge in [0.1, 0.15) is 17.5 Å². The van der Waals surface area contributed by atoms with Gasteiger partial charge in [-0.05, 0) is 47.0 Å². The predicted molar refractivity (Wildman–Crippen MR) is 186 cm³/mol. The van der Waals surface area contributed by atoms with Crippen LogP contribution in [0.3, 0.4) is 0 Å². The summed E-state index contributed by atoms with van der Waals surface area (Å²) in [6, 6.07) is 32.9. The van der Waals surface area contributed by atoms with Gasteiger partial charge in [-0.1, -0.05) is 91.0 Å². The third-order valence-electron chi connectivity index (χ3n) is 9.27. The molecule has 1 atom stereocenters. The van der Waals surface area contributed by atoms with Crippen LogP contribution in [-0.4, -0.2) is 31.1 Å². The Balaban J connectivity index is 1.39. The highest BCUT2D eigenvalue weighted by atomic mass is 19.4. The van der Waals surface area contributed by atoms with E-state index in [1.807, 2.05) is 91.0 Å². The fraction of sp³-hybridized carbons (Fsp3) is 0.125. The molecule has 0 saturated heterocycles. The van der Waals surface area contributed by atoms with Crippen LogP contribution in [0.5, 0.6) is 0 Å². The zero-order valence-corrected chi connectivity index (χ0v) is 27.1. The topological polar surface area (TPSA) is 88.6 Å². The first kappa shape index (κ1) is 33.4. The predicted octanol–water partition coefficient (Wildman–Crippen LogP) is 7.59. The van der Waals surface area contributed by atoms with Crippen LogP contribution >= 0.6 is 0 Å². The van der Waals surface area contributed by atoms with E-state index in [-0.39, 0.29) is 23.1 Å². The summed E-state index contributed by atoms with van der Waals surface area (Å²) in [5, 5.41) is 13.7. The van der Waals surface area contributed by atoms with Crippen LogP contribution in [0, 0.1) is 5.82 Å². The summed E-state index contributed by atoms with van der Waals surface area (Å²) in [4.78, 5) is 31.1. The number of aliphatic carboxylic acids is 1. The molecule has 3 aromatic heterocycles. The molecule has 7 rings (SSSR count). The number of benzene rings is 4. The molecule has 4 aromatic carbocycles. The van der Waals surface area contributed by atoms with E-state index in [1.54, 1.807) is 0 Å². The molecule has 7 nitrogen and oxygen atoms in total. The lowest BCUT2D eigenvalue weighted by atomic mass is 9.76. The molecular weight excluding hydrogens is 660 g/mol. The molecule has 0 amide bonds. The van der Waals surface area contributed by atoms with E-state index in [1.165, 1.54) is 36.0 Å². The summed E-state index contributed by atoms with van der Waals surface area (Å²) in [5.74, 6) is -2.05. The number of aryl methyl sites for hydroxylation is 1. The molecule has 0 bridgehead atoms. The minimum atomic E-state index is -5.02. The van der Waals surface area contributed by atoms with Gasteiger partial charge in [-0.15, -0.1) is 0 Å². The second-order valence-electron chi connectivity index (χ2n) is 12.2. The molecule has 0 saturated carbocycles. The molecule has 0 unspecified atom stereocenters. The van der Waals surface area contributed by atoms with Gasteiger partial charge in [0.25, 0.3) is 5.56 Å². The average Bonchev–Trinajstić information content (AvgIpc) is 3.63. The zero-order chi connectivity index (χ0) is 35.9. The highest BCUT2D eigenvalue weighted by Gasteiger charge is 2.41. The number of alkyl halides is 3. The number of fused-ring (bicyclic) bond motifs is 2. The summed E-state index contributed by atoms with van der Waals surface area (Å²) in [6.45, 7) is 0. The molecule has 51 heavy (non-hydrogen) atoms. The second-order valence-corrected chi connectivity index (χ2v) is 12.2. The Hall–Kier alpha value is -6.07. The molecule has 0 aliphatic carbocycles. The first-order valence-corrected chi connectivity index (χ1v) is 16.0. The normalized spacial score (nSPS) is 12.7.